The summed E-state index contributed by atoms with van der Waals surface area (Å²) in [5.74, 6) is 1.37. The Balaban J connectivity index is 3.12. The van der Waals surface area contributed by atoms with Crippen LogP contribution in [0.3, 0.4) is 0 Å². The van der Waals surface area contributed by atoms with E-state index in [0.29, 0.717) is 17.9 Å². The van der Waals surface area contributed by atoms with Crippen LogP contribution < -0.4 is 10.6 Å². The third-order valence-electron chi connectivity index (χ3n) is 4.52. The van der Waals surface area contributed by atoms with Gasteiger partial charge in [0.05, 0.1) is 0 Å². The first-order chi connectivity index (χ1) is 12.5. The van der Waals surface area contributed by atoms with Gasteiger partial charge in [-0.1, -0.05) is 0 Å². The zero-order valence-electron chi connectivity index (χ0n) is 17.7. The average Bonchev–Trinajstić information content (AvgIpc) is 2.62. The number of hydrogen-bond donors (Lipinski definition) is 2. The molecule has 1 aromatic heterocycles. The van der Waals surface area contributed by atoms with Gasteiger partial charge in [0.25, 0.3) is 0 Å². The monoisotopic (exact) mass is 489 g/mol. The molecule has 0 aliphatic carbocycles. The van der Waals surface area contributed by atoms with Crippen molar-refractivity contribution in [2.24, 2.45) is 0 Å². The molecule has 0 aromatic carbocycles. The fraction of sp³-hybridized carbons (Fsp3) is 0.842. The number of nitrogens with zero attached hydrogens (tertiary/aromatic N) is 3. The Morgan fingerprint density at radius 2 is 1.35 bits per heavy atom. The zero-order valence-corrected chi connectivity index (χ0v) is 21.4. The Morgan fingerprint density at radius 3 is 1.77 bits per heavy atom. The van der Waals surface area contributed by atoms with Crippen LogP contribution in [0.25, 0.3) is 0 Å². The second-order valence-corrected chi connectivity index (χ2v) is 26.6. The first kappa shape index (κ1) is 23.8. The second kappa shape index (κ2) is 13.0. The van der Waals surface area contributed by atoms with Gasteiger partial charge in [-0.15, -0.1) is 0 Å². The molecular weight excluding hydrogens is 449 g/mol. The number of anilines is 2. The molecule has 1 rings (SSSR count). The van der Waals surface area contributed by atoms with Gasteiger partial charge in [0.1, 0.15) is 0 Å². The van der Waals surface area contributed by atoms with Gasteiger partial charge < -0.3 is 0 Å². The maximum atomic E-state index is 4.77. The van der Waals surface area contributed by atoms with Crippen LogP contribution in [-0.4, -0.2) is 45.0 Å². The normalized spacial score (nSPS) is 11.8. The molecule has 2 N–H and O–H groups in total. The van der Waals surface area contributed by atoms with E-state index < -0.39 is 17.0 Å². The van der Waals surface area contributed by atoms with Crippen LogP contribution in [0.15, 0.2) is 5.16 Å². The van der Waals surface area contributed by atoms with Crippen molar-refractivity contribution in [1.29, 1.82) is 0 Å². The summed E-state index contributed by atoms with van der Waals surface area (Å²) in [4.78, 5) is 14.0. The van der Waals surface area contributed by atoms with Crippen molar-refractivity contribution in [2.75, 3.05) is 17.7 Å². The van der Waals surface area contributed by atoms with Crippen LogP contribution in [-0.2, 0) is 0 Å². The van der Waals surface area contributed by atoms with E-state index >= 15 is 0 Å². The van der Waals surface area contributed by atoms with Gasteiger partial charge in [0.15, 0.2) is 0 Å². The fourth-order valence-electron chi connectivity index (χ4n) is 3.06. The van der Waals surface area contributed by atoms with Crippen molar-refractivity contribution < 1.29 is 0 Å². The summed E-state index contributed by atoms with van der Waals surface area (Å²) in [5.41, 5.74) is 0. The van der Waals surface area contributed by atoms with Gasteiger partial charge in [-0.2, -0.15) is 0 Å². The molecule has 7 heteroatoms. The van der Waals surface area contributed by atoms with Gasteiger partial charge >= 0.3 is 168 Å². The summed E-state index contributed by atoms with van der Waals surface area (Å²) in [7, 11) is 3.97. The van der Waals surface area contributed by atoms with E-state index in [1.807, 2.05) is 7.05 Å². The number of hydrogen-bond acceptors (Lipinski definition) is 6. The van der Waals surface area contributed by atoms with E-state index in [4.69, 9.17) is 9.97 Å². The Kier molecular flexibility index (Phi) is 11.9. The van der Waals surface area contributed by atoms with Crippen molar-refractivity contribution in [1.82, 2.24) is 15.0 Å². The fourth-order valence-corrected chi connectivity index (χ4v) is 24.3. The standard InChI is InChI=1S/C7H13N5S.3C4H9.Sn/c1-4(2)9-6-10-5(8-3)11-7(13)12-6;3*1-3-4-2;/h4H,1-3H3,(H3,8,9,10,11,12,13);3*1,3-4H2,2H3;/q;;;;+1/p-1. The molecule has 0 amide bonds. The summed E-state index contributed by atoms with van der Waals surface area (Å²) in [5, 5.41) is 7.38. The molecule has 1 aromatic rings. The average molecular weight is 488 g/mol. The molecule has 0 unspecified atom stereocenters. The Morgan fingerprint density at radius 1 is 0.846 bits per heavy atom. The molecule has 0 aliphatic rings. The van der Waals surface area contributed by atoms with Gasteiger partial charge in [-0.3, -0.25) is 0 Å². The number of nitrogens with one attached hydrogen (secondary N) is 2. The molecule has 0 saturated carbocycles. The number of aromatic nitrogens is 3. The Bertz CT molecular complexity index is 491. The third kappa shape index (κ3) is 8.63. The van der Waals surface area contributed by atoms with Crippen LogP contribution in [0, 0.1) is 0 Å². The van der Waals surface area contributed by atoms with E-state index in [1.54, 1.807) is 0 Å². The van der Waals surface area contributed by atoms with Gasteiger partial charge in [0, 0.05) is 0 Å². The van der Waals surface area contributed by atoms with E-state index in [2.05, 4.69) is 59.2 Å². The molecule has 0 atom stereocenters. The molecule has 0 fully saturated rings. The zero-order chi connectivity index (χ0) is 19.4. The van der Waals surface area contributed by atoms with Gasteiger partial charge in [0.2, 0.25) is 0 Å². The van der Waals surface area contributed by atoms with Crippen molar-refractivity contribution in [2.45, 2.75) is 97.7 Å². The predicted molar refractivity (Wildman–Crippen MR) is 119 cm³/mol. The number of unbranched alkanes of at least 4 members (excludes halogenated alkanes) is 3. The SMILES string of the molecule is CCC[CH2][Sn]([CH2]CCC)([CH2]CCC)[S]c1nc(NC)nc(NC(C)C)n1. The molecule has 0 bridgehead atoms. The van der Waals surface area contributed by atoms with Crippen LogP contribution >= 0.6 is 8.95 Å². The van der Waals surface area contributed by atoms with E-state index in [1.165, 1.54) is 51.8 Å². The predicted octanol–water partition coefficient (Wildman–Crippen LogP) is 6.17. The molecule has 5 nitrogen and oxygen atoms in total. The summed E-state index contributed by atoms with van der Waals surface area (Å²) in [6.07, 6.45) is 7.94. The maximum absolute atomic E-state index is 4.77. The summed E-state index contributed by atoms with van der Waals surface area (Å²) in [6.45, 7) is 11.2. The first-order valence-corrected chi connectivity index (χ1v) is 20.7. The molecule has 0 saturated heterocycles. The van der Waals surface area contributed by atoms with Crippen LogP contribution in [0.2, 0.25) is 13.3 Å². The molecule has 150 valence electrons. The molecular formula is C19H39N5SSn. The van der Waals surface area contributed by atoms with Gasteiger partial charge in [-0.25, -0.2) is 0 Å². The van der Waals surface area contributed by atoms with Gasteiger partial charge in [-0.05, 0) is 0 Å². The minimum atomic E-state index is -2.37. The molecule has 0 spiro atoms. The molecule has 0 radical (unpaired) electrons. The first-order valence-electron chi connectivity index (χ1n) is 10.4. The molecule has 1 heterocycles. The molecule has 26 heavy (non-hydrogen) atoms. The van der Waals surface area contributed by atoms with Crippen molar-refractivity contribution in [3.63, 3.8) is 0 Å². The van der Waals surface area contributed by atoms with Crippen LogP contribution in [0.5, 0.6) is 0 Å². The van der Waals surface area contributed by atoms with E-state index in [-0.39, 0.29) is 0 Å². The Labute approximate surface area is 167 Å². The van der Waals surface area contributed by atoms with Crippen molar-refractivity contribution >= 4 is 37.8 Å². The van der Waals surface area contributed by atoms with Crippen molar-refractivity contribution in [3.8, 4) is 0 Å². The minimum absolute atomic E-state index is 0.313. The van der Waals surface area contributed by atoms with E-state index in [9.17, 15) is 0 Å². The third-order valence-corrected chi connectivity index (χ3v) is 25.5. The van der Waals surface area contributed by atoms with Crippen molar-refractivity contribution in [3.05, 3.63) is 0 Å². The van der Waals surface area contributed by atoms with E-state index in [0.717, 1.165) is 5.16 Å². The quantitative estimate of drug-likeness (QED) is 0.306. The summed E-state index contributed by atoms with van der Waals surface area (Å²) in [6, 6.07) is 0.313. The van der Waals surface area contributed by atoms with Crippen LogP contribution in [0.4, 0.5) is 11.9 Å². The second-order valence-electron chi connectivity index (χ2n) is 7.41. The van der Waals surface area contributed by atoms with Crippen LogP contribution in [0.1, 0.15) is 73.1 Å². The summed E-state index contributed by atoms with van der Waals surface area (Å²) < 4.78 is 4.34. The molecule has 0 aliphatic heterocycles. The topological polar surface area (TPSA) is 62.7 Å². The Hall–Kier alpha value is -0.241. The number of rotatable bonds is 14. The summed E-state index contributed by atoms with van der Waals surface area (Å²) >= 11 is -2.37.